The standard InChI is InChI=1S/C18H22N2S/c1-13(2)17(15-10-5-4-6-11-15)20-18(21)19-16-12-8-7-9-14(16)3/h4-13,17H,1-3H3,(H2,19,20,21)/t17-/m1/s1. The molecule has 2 rings (SSSR count). The van der Waals surface area contributed by atoms with Gasteiger partial charge in [0, 0.05) is 5.69 Å². The molecule has 2 aromatic carbocycles. The first-order chi connectivity index (χ1) is 10.1. The van der Waals surface area contributed by atoms with Gasteiger partial charge in [0.2, 0.25) is 0 Å². The normalized spacial score (nSPS) is 12.0. The molecule has 110 valence electrons. The van der Waals surface area contributed by atoms with Gasteiger partial charge in [-0.3, -0.25) is 0 Å². The maximum atomic E-state index is 5.47. The molecule has 2 aromatic rings. The quantitative estimate of drug-likeness (QED) is 0.802. The van der Waals surface area contributed by atoms with Crippen LogP contribution in [0.4, 0.5) is 5.69 Å². The van der Waals surface area contributed by atoms with Crippen LogP contribution in [0.5, 0.6) is 0 Å². The topological polar surface area (TPSA) is 24.1 Å². The maximum absolute atomic E-state index is 5.47. The lowest BCUT2D eigenvalue weighted by Gasteiger charge is -2.25. The van der Waals surface area contributed by atoms with Crippen molar-refractivity contribution < 1.29 is 0 Å². The second kappa shape index (κ2) is 7.23. The van der Waals surface area contributed by atoms with E-state index in [9.17, 15) is 0 Å². The molecule has 2 N–H and O–H groups in total. The van der Waals surface area contributed by atoms with Crippen molar-refractivity contribution >= 4 is 23.0 Å². The van der Waals surface area contributed by atoms with Crippen LogP contribution in [0.25, 0.3) is 0 Å². The van der Waals surface area contributed by atoms with E-state index in [-0.39, 0.29) is 6.04 Å². The summed E-state index contributed by atoms with van der Waals surface area (Å²) in [5, 5.41) is 7.37. The Morgan fingerprint density at radius 1 is 0.952 bits per heavy atom. The molecule has 0 heterocycles. The molecule has 1 atom stereocenters. The average molecular weight is 298 g/mol. The first-order valence-corrected chi connectivity index (χ1v) is 7.67. The maximum Gasteiger partial charge on any atom is 0.171 e. The Morgan fingerprint density at radius 2 is 1.57 bits per heavy atom. The number of aryl methyl sites for hydroxylation is 1. The number of thiocarbonyl (C=S) groups is 1. The molecule has 0 fully saturated rings. The lowest BCUT2D eigenvalue weighted by atomic mass is 9.96. The van der Waals surface area contributed by atoms with E-state index in [1.807, 2.05) is 24.3 Å². The first-order valence-electron chi connectivity index (χ1n) is 7.26. The second-order valence-electron chi connectivity index (χ2n) is 5.55. The van der Waals surface area contributed by atoms with Crippen LogP contribution < -0.4 is 10.6 Å². The number of hydrogen-bond acceptors (Lipinski definition) is 1. The fourth-order valence-electron chi connectivity index (χ4n) is 2.31. The highest BCUT2D eigenvalue weighted by Gasteiger charge is 2.16. The van der Waals surface area contributed by atoms with Gasteiger partial charge in [0.05, 0.1) is 6.04 Å². The van der Waals surface area contributed by atoms with Gasteiger partial charge < -0.3 is 10.6 Å². The van der Waals surface area contributed by atoms with Crippen molar-refractivity contribution in [3.63, 3.8) is 0 Å². The monoisotopic (exact) mass is 298 g/mol. The molecule has 0 spiro atoms. The van der Waals surface area contributed by atoms with E-state index >= 15 is 0 Å². The van der Waals surface area contributed by atoms with Crippen LogP contribution >= 0.6 is 12.2 Å². The Bertz CT molecular complexity index is 593. The smallest absolute Gasteiger partial charge is 0.171 e. The molecule has 0 amide bonds. The van der Waals surface area contributed by atoms with E-state index in [4.69, 9.17) is 12.2 Å². The molecule has 0 radical (unpaired) electrons. The van der Waals surface area contributed by atoms with Crippen LogP contribution in [0, 0.1) is 12.8 Å². The summed E-state index contributed by atoms with van der Waals surface area (Å²) in [6, 6.07) is 18.8. The van der Waals surface area contributed by atoms with Crippen LogP contribution in [0.3, 0.4) is 0 Å². The highest BCUT2D eigenvalue weighted by molar-refractivity contribution is 7.80. The zero-order valence-corrected chi connectivity index (χ0v) is 13.6. The highest BCUT2D eigenvalue weighted by atomic mass is 32.1. The van der Waals surface area contributed by atoms with E-state index in [0.29, 0.717) is 11.0 Å². The molecule has 21 heavy (non-hydrogen) atoms. The number of hydrogen-bond donors (Lipinski definition) is 2. The van der Waals surface area contributed by atoms with Gasteiger partial charge in [-0.15, -0.1) is 0 Å². The summed E-state index contributed by atoms with van der Waals surface area (Å²) in [7, 11) is 0. The van der Waals surface area contributed by atoms with E-state index in [2.05, 4.69) is 61.7 Å². The number of rotatable bonds is 4. The van der Waals surface area contributed by atoms with Crippen LogP contribution in [0.2, 0.25) is 0 Å². The predicted octanol–water partition coefficient (Wildman–Crippen LogP) is 4.68. The summed E-state index contributed by atoms with van der Waals surface area (Å²) < 4.78 is 0. The molecule has 0 unspecified atom stereocenters. The molecule has 3 heteroatoms. The number of anilines is 1. The minimum Gasteiger partial charge on any atom is -0.355 e. The molecule has 0 saturated heterocycles. The molecule has 0 bridgehead atoms. The van der Waals surface area contributed by atoms with Crippen molar-refractivity contribution in [2.24, 2.45) is 5.92 Å². The first kappa shape index (κ1) is 15.5. The summed E-state index contributed by atoms with van der Waals surface area (Å²) in [4.78, 5) is 0. The Labute approximate surface area is 132 Å². The summed E-state index contributed by atoms with van der Waals surface area (Å²) >= 11 is 5.47. The van der Waals surface area contributed by atoms with Gasteiger partial charge >= 0.3 is 0 Å². The molecule has 0 aliphatic carbocycles. The van der Waals surface area contributed by atoms with Crippen molar-refractivity contribution in [3.8, 4) is 0 Å². The van der Waals surface area contributed by atoms with Gasteiger partial charge in [-0.1, -0.05) is 62.4 Å². The Kier molecular flexibility index (Phi) is 5.34. The number of nitrogens with one attached hydrogen (secondary N) is 2. The minimum absolute atomic E-state index is 0.204. The Hall–Kier alpha value is -1.87. The minimum atomic E-state index is 0.204. The zero-order valence-electron chi connectivity index (χ0n) is 12.8. The van der Waals surface area contributed by atoms with Crippen LogP contribution in [0.15, 0.2) is 54.6 Å². The van der Waals surface area contributed by atoms with Crippen molar-refractivity contribution in [3.05, 3.63) is 65.7 Å². The summed E-state index contributed by atoms with van der Waals surface area (Å²) in [5.74, 6) is 0.448. The lowest BCUT2D eigenvalue weighted by molar-refractivity contribution is 0.473. The van der Waals surface area contributed by atoms with E-state index < -0.39 is 0 Å². The second-order valence-corrected chi connectivity index (χ2v) is 5.95. The van der Waals surface area contributed by atoms with Gasteiger partial charge in [-0.25, -0.2) is 0 Å². The number of para-hydroxylation sites is 1. The molecular formula is C18H22N2S. The molecule has 0 saturated carbocycles. The van der Waals surface area contributed by atoms with E-state index in [1.165, 1.54) is 11.1 Å². The third-order valence-electron chi connectivity index (χ3n) is 3.51. The summed E-state index contributed by atoms with van der Waals surface area (Å²) in [6.07, 6.45) is 0. The van der Waals surface area contributed by atoms with Gasteiger partial charge in [-0.2, -0.15) is 0 Å². The zero-order chi connectivity index (χ0) is 15.2. The van der Waals surface area contributed by atoms with Crippen molar-refractivity contribution in [2.45, 2.75) is 26.8 Å². The van der Waals surface area contributed by atoms with Gasteiger partial charge in [0.1, 0.15) is 0 Å². The highest BCUT2D eigenvalue weighted by Crippen LogP contribution is 2.22. The van der Waals surface area contributed by atoms with E-state index in [1.54, 1.807) is 0 Å². The molecule has 0 aromatic heterocycles. The fourth-order valence-corrected chi connectivity index (χ4v) is 2.54. The van der Waals surface area contributed by atoms with Crippen LogP contribution in [-0.2, 0) is 0 Å². The predicted molar refractivity (Wildman–Crippen MR) is 94.6 cm³/mol. The van der Waals surface area contributed by atoms with Crippen LogP contribution in [0.1, 0.15) is 31.0 Å². The van der Waals surface area contributed by atoms with E-state index in [0.717, 1.165) is 5.69 Å². The summed E-state index contributed by atoms with van der Waals surface area (Å²) in [6.45, 7) is 6.46. The molecular weight excluding hydrogens is 276 g/mol. The third kappa shape index (κ3) is 4.30. The number of benzene rings is 2. The SMILES string of the molecule is Cc1ccccc1NC(=S)N[C@@H](c1ccccc1)C(C)C. The molecule has 2 nitrogen and oxygen atoms in total. The average Bonchev–Trinajstić information content (AvgIpc) is 2.48. The third-order valence-corrected chi connectivity index (χ3v) is 3.73. The lowest BCUT2D eigenvalue weighted by Crippen LogP contribution is -2.35. The van der Waals surface area contributed by atoms with Gasteiger partial charge in [0.25, 0.3) is 0 Å². The Morgan fingerprint density at radius 3 is 2.19 bits per heavy atom. The van der Waals surface area contributed by atoms with Crippen LogP contribution in [-0.4, -0.2) is 5.11 Å². The molecule has 0 aliphatic rings. The van der Waals surface area contributed by atoms with Crippen molar-refractivity contribution in [1.29, 1.82) is 0 Å². The summed E-state index contributed by atoms with van der Waals surface area (Å²) in [5.41, 5.74) is 3.48. The van der Waals surface area contributed by atoms with Crippen molar-refractivity contribution in [1.82, 2.24) is 5.32 Å². The Balaban J connectivity index is 2.08. The molecule has 0 aliphatic heterocycles. The van der Waals surface area contributed by atoms with Crippen molar-refractivity contribution in [2.75, 3.05) is 5.32 Å². The van der Waals surface area contributed by atoms with Gasteiger partial charge in [-0.05, 0) is 42.3 Å². The largest absolute Gasteiger partial charge is 0.355 e. The fraction of sp³-hybridized carbons (Fsp3) is 0.278. The van der Waals surface area contributed by atoms with Gasteiger partial charge in [0.15, 0.2) is 5.11 Å².